The second-order valence-electron chi connectivity index (χ2n) is 6.71. The molecular formula is C16H20BNO5. The first-order valence-electron chi connectivity index (χ1n) is 7.48. The van der Waals surface area contributed by atoms with Crippen molar-refractivity contribution in [2.75, 3.05) is 0 Å². The second kappa shape index (κ2) is 5.28. The van der Waals surface area contributed by atoms with E-state index in [2.05, 4.69) is 0 Å². The molecule has 122 valence electrons. The molecular weight excluding hydrogens is 297 g/mol. The largest absolute Gasteiger partial charge is 0.494 e. The fourth-order valence-electron chi connectivity index (χ4n) is 2.46. The third kappa shape index (κ3) is 2.94. The van der Waals surface area contributed by atoms with Crippen LogP contribution >= 0.6 is 0 Å². The Morgan fingerprint density at radius 1 is 1.17 bits per heavy atom. The van der Waals surface area contributed by atoms with Crippen LogP contribution in [0.3, 0.4) is 0 Å². The third-order valence-electron chi connectivity index (χ3n) is 4.47. The van der Waals surface area contributed by atoms with Crippen molar-refractivity contribution in [1.29, 1.82) is 0 Å². The van der Waals surface area contributed by atoms with Gasteiger partial charge in [0.1, 0.15) is 11.3 Å². The normalized spacial score (nSPS) is 19.2. The fourth-order valence-corrected chi connectivity index (χ4v) is 2.46. The summed E-state index contributed by atoms with van der Waals surface area (Å²) >= 11 is 0. The van der Waals surface area contributed by atoms with E-state index in [-0.39, 0.29) is 17.8 Å². The Kier molecular flexibility index (Phi) is 3.65. The van der Waals surface area contributed by atoms with Crippen LogP contribution in [0.2, 0.25) is 0 Å². The molecule has 0 spiro atoms. The Bertz CT molecular complexity index is 736. The molecule has 2 aromatic rings. The van der Waals surface area contributed by atoms with Crippen molar-refractivity contribution in [3.63, 3.8) is 0 Å². The summed E-state index contributed by atoms with van der Waals surface area (Å²) in [4.78, 5) is 10.7. The van der Waals surface area contributed by atoms with Gasteiger partial charge in [-0.1, -0.05) is 12.1 Å². The average Bonchev–Trinajstić information content (AvgIpc) is 2.94. The van der Waals surface area contributed by atoms with Gasteiger partial charge in [-0.15, -0.1) is 0 Å². The van der Waals surface area contributed by atoms with E-state index in [1.165, 1.54) is 0 Å². The van der Waals surface area contributed by atoms with E-state index in [1.54, 1.807) is 0 Å². The lowest BCUT2D eigenvalue weighted by molar-refractivity contribution is 0.00578. The monoisotopic (exact) mass is 317 g/mol. The van der Waals surface area contributed by atoms with Crippen LogP contribution in [-0.4, -0.2) is 24.4 Å². The number of carbonyl (C=O) groups excluding carboxylic acids is 1. The summed E-state index contributed by atoms with van der Waals surface area (Å²) in [7, 11) is -0.426. The van der Waals surface area contributed by atoms with Gasteiger partial charge in [0.25, 0.3) is 0 Å². The van der Waals surface area contributed by atoms with Crippen molar-refractivity contribution >= 4 is 29.6 Å². The number of primary amides is 1. The molecule has 0 radical (unpaired) electrons. The highest BCUT2D eigenvalue weighted by Crippen LogP contribution is 2.36. The number of furan rings is 1. The van der Waals surface area contributed by atoms with Crippen molar-refractivity contribution in [1.82, 2.24) is 0 Å². The molecule has 1 aromatic carbocycles. The number of fused-ring (bicyclic) bond motifs is 1. The smallest absolute Gasteiger partial charge is 0.457 e. The molecule has 3 rings (SSSR count). The summed E-state index contributed by atoms with van der Waals surface area (Å²) < 4.78 is 22.4. The minimum absolute atomic E-state index is 0.00976. The summed E-state index contributed by atoms with van der Waals surface area (Å²) in [5.41, 5.74) is 5.80. The fraction of sp³-hybridized carbons (Fsp3) is 0.438. The van der Waals surface area contributed by atoms with Gasteiger partial charge in [0.05, 0.1) is 11.2 Å². The summed E-state index contributed by atoms with van der Waals surface area (Å²) in [6.07, 6.45) is -0.830. The average molecular weight is 317 g/mol. The molecule has 2 heterocycles. The lowest BCUT2D eigenvalue weighted by Gasteiger charge is -2.32. The van der Waals surface area contributed by atoms with Crippen molar-refractivity contribution < 1.29 is 23.3 Å². The van der Waals surface area contributed by atoms with E-state index in [1.807, 2.05) is 52.0 Å². The molecule has 0 aliphatic carbocycles. The Balaban J connectivity index is 1.85. The van der Waals surface area contributed by atoms with Crippen molar-refractivity contribution in [2.45, 2.75) is 45.5 Å². The van der Waals surface area contributed by atoms with Crippen LogP contribution in [0.1, 0.15) is 33.5 Å². The topological polar surface area (TPSA) is 83.9 Å². The third-order valence-corrected chi connectivity index (χ3v) is 4.47. The number of rotatable bonds is 3. The summed E-state index contributed by atoms with van der Waals surface area (Å²) in [6.45, 7) is 8.08. The first kappa shape index (κ1) is 15.9. The highest BCUT2D eigenvalue weighted by Gasteiger charge is 2.51. The van der Waals surface area contributed by atoms with Gasteiger partial charge in [0.2, 0.25) is 0 Å². The number of ether oxygens (including phenoxy) is 1. The van der Waals surface area contributed by atoms with E-state index in [4.69, 9.17) is 24.2 Å². The molecule has 1 aliphatic heterocycles. The van der Waals surface area contributed by atoms with Crippen LogP contribution in [0.25, 0.3) is 11.0 Å². The van der Waals surface area contributed by atoms with Gasteiger partial charge in [-0.2, -0.15) is 0 Å². The SMILES string of the molecule is CC1(C)OB(c2ccc3oc(COC(N)=O)cc3c2)OC1(C)C. The van der Waals surface area contributed by atoms with Gasteiger partial charge in [0, 0.05) is 5.39 Å². The van der Waals surface area contributed by atoms with E-state index >= 15 is 0 Å². The molecule has 1 aliphatic rings. The summed E-state index contributed by atoms with van der Waals surface area (Å²) in [5.74, 6) is 0.532. The number of benzene rings is 1. The Morgan fingerprint density at radius 3 is 2.43 bits per heavy atom. The Morgan fingerprint density at radius 2 is 1.83 bits per heavy atom. The lowest BCUT2D eigenvalue weighted by Crippen LogP contribution is -2.41. The standard InChI is InChI=1S/C16H20BNO5/c1-15(2)16(3,4)23-17(22-15)11-5-6-13-10(7-11)8-12(21-13)9-20-14(18)19/h5-8H,9H2,1-4H3,(H2,18,19). The van der Waals surface area contributed by atoms with E-state index in [9.17, 15) is 4.79 Å². The minimum atomic E-state index is -0.830. The van der Waals surface area contributed by atoms with Crippen molar-refractivity contribution in [2.24, 2.45) is 5.73 Å². The predicted octanol–water partition coefficient (Wildman–Crippen LogP) is 2.33. The predicted molar refractivity (Wildman–Crippen MR) is 86.3 cm³/mol. The minimum Gasteiger partial charge on any atom is -0.457 e. The van der Waals surface area contributed by atoms with Crippen LogP contribution in [0.4, 0.5) is 4.79 Å². The molecule has 1 aromatic heterocycles. The van der Waals surface area contributed by atoms with Crippen LogP contribution < -0.4 is 11.2 Å². The molecule has 0 unspecified atom stereocenters. The molecule has 7 heteroatoms. The molecule has 1 amide bonds. The van der Waals surface area contributed by atoms with Gasteiger partial charge in [-0.25, -0.2) is 4.79 Å². The maximum absolute atomic E-state index is 10.7. The van der Waals surface area contributed by atoms with Gasteiger partial charge >= 0.3 is 13.2 Å². The maximum Gasteiger partial charge on any atom is 0.494 e. The Labute approximate surface area is 135 Å². The lowest BCUT2D eigenvalue weighted by atomic mass is 9.79. The number of nitrogens with two attached hydrogens (primary N) is 1. The zero-order valence-electron chi connectivity index (χ0n) is 13.7. The van der Waals surface area contributed by atoms with Gasteiger partial charge in [-0.05, 0) is 45.3 Å². The van der Waals surface area contributed by atoms with Gasteiger partial charge < -0.3 is 24.2 Å². The zero-order chi connectivity index (χ0) is 16.8. The molecule has 6 nitrogen and oxygen atoms in total. The Hall–Kier alpha value is -1.99. The number of hydrogen-bond donors (Lipinski definition) is 1. The number of hydrogen-bond acceptors (Lipinski definition) is 5. The molecule has 0 atom stereocenters. The molecule has 2 N–H and O–H groups in total. The first-order valence-corrected chi connectivity index (χ1v) is 7.48. The van der Waals surface area contributed by atoms with Crippen LogP contribution in [0, 0.1) is 0 Å². The second-order valence-corrected chi connectivity index (χ2v) is 6.71. The van der Waals surface area contributed by atoms with E-state index in [0.717, 1.165) is 10.8 Å². The maximum atomic E-state index is 10.7. The molecule has 1 saturated heterocycles. The van der Waals surface area contributed by atoms with Crippen molar-refractivity contribution in [3.8, 4) is 0 Å². The molecule has 23 heavy (non-hydrogen) atoms. The number of amides is 1. The summed E-state index contributed by atoms with van der Waals surface area (Å²) in [5, 5.41) is 0.889. The highest BCUT2D eigenvalue weighted by molar-refractivity contribution is 6.62. The quantitative estimate of drug-likeness (QED) is 0.878. The number of carbonyl (C=O) groups is 1. The molecule has 1 fully saturated rings. The zero-order valence-corrected chi connectivity index (χ0v) is 13.7. The van der Waals surface area contributed by atoms with Crippen LogP contribution in [0.15, 0.2) is 28.7 Å². The van der Waals surface area contributed by atoms with Gasteiger partial charge in [0.15, 0.2) is 6.61 Å². The summed E-state index contributed by atoms with van der Waals surface area (Å²) in [6, 6.07) is 7.53. The van der Waals surface area contributed by atoms with Crippen molar-refractivity contribution in [3.05, 3.63) is 30.0 Å². The molecule has 0 bridgehead atoms. The molecule has 0 saturated carbocycles. The van der Waals surface area contributed by atoms with E-state index in [0.29, 0.717) is 11.3 Å². The van der Waals surface area contributed by atoms with E-state index < -0.39 is 13.2 Å². The van der Waals surface area contributed by atoms with Crippen LogP contribution in [-0.2, 0) is 20.7 Å². The van der Waals surface area contributed by atoms with Crippen LogP contribution in [0.5, 0.6) is 0 Å². The highest BCUT2D eigenvalue weighted by atomic mass is 16.7. The first-order chi connectivity index (χ1) is 10.7. The van der Waals surface area contributed by atoms with Gasteiger partial charge in [-0.3, -0.25) is 0 Å².